The molecule has 2 heterocycles. The normalized spacial score (nSPS) is 17.2. The van der Waals surface area contributed by atoms with Gasteiger partial charge in [0.25, 0.3) is 0 Å². The maximum atomic E-state index is 11.1. The largest absolute Gasteiger partial charge is 0.481 e. The number of thiazole rings is 1. The van der Waals surface area contributed by atoms with E-state index in [1.165, 1.54) is 0 Å². The van der Waals surface area contributed by atoms with Crippen molar-refractivity contribution in [3.05, 3.63) is 28.9 Å². The Hall–Kier alpha value is -1.95. The van der Waals surface area contributed by atoms with E-state index in [1.54, 1.807) is 30.7 Å². The number of rotatable bonds is 3. The molecule has 1 aliphatic carbocycles. The fourth-order valence-electron chi connectivity index (χ4n) is 2.22. The first kappa shape index (κ1) is 12.1. The van der Waals surface area contributed by atoms with E-state index in [0.29, 0.717) is 12.3 Å². The Morgan fingerprint density at radius 2 is 2.37 bits per heavy atom. The van der Waals surface area contributed by atoms with E-state index in [-0.39, 0.29) is 0 Å². The van der Waals surface area contributed by atoms with Crippen LogP contribution in [0.15, 0.2) is 18.3 Å². The van der Waals surface area contributed by atoms with Crippen LogP contribution >= 0.6 is 11.3 Å². The second kappa shape index (κ2) is 4.62. The van der Waals surface area contributed by atoms with Gasteiger partial charge in [0.2, 0.25) is 5.88 Å². The van der Waals surface area contributed by atoms with Gasteiger partial charge in [0, 0.05) is 22.7 Å². The highest BCUT2D eigenvalue weighted by Crippen LogP contribution is 2.39. The molecule has 0 saturated heterocycles. The molecule has 2 aromatic heterocycles. The van der Waals surface area contributed by atoms with Crippen molar-refractivity contribution >= 4 is 17.3 Å². The maximum Gasteiger partial charge on any atom is 0.312 e. The average Bonchev–Trinajstić information content (AvgIpc) is 2.98. The van der Waals surface area contributed by atoms with Gasteiger partial charge in [-0.25, -0.2) is 9.97 Å². The van der Waals surface area contributed by atoms with E-state index in [9.17, 15) is 4.79 Å². The summed E-state index contributed by atoms with van der Waals surface area (Å²) >= 11 is 1.55. The lowest BCUT2D eigenvalue weighted by Crippen LogP contribution is -2.08. The first-order valence-corrected chi connectivity index (χ1v) is 6.73. The number of aliphatic carboxylic acids is 1. The van der Waals surface area contributed by atoms with Crippen LogP contribution in [0.1, 0.15) is 22.9 Å². The SMILES string of the molecule is COc1ccc(-c2nc3c(s2)CCC3C(=O)O)cn1. The number of carboxylic acids is 1. The van der Waals surface area contributed by atoms with E-state index in [2.05, 4.69) is 9.97 Å². The number of nitrogens with zero attached hydrogens (tertiary/aromatic N) is 2. The van der Waals surface area contributed by atoms with Gasteiger partial charge in [0.1, 0.15) is 10.9 Å². The second-order valence-corrected chi connectivity index (χ2v) is 5.43. The summed E-state index contributed by atoms with van der Waals surface area (Å²) in [6.07, 6.45) is 3.15. The minimum atomic E-state index is -0.788. The van der Waals surface area contributed by atoms with Crippen molar-refractivity contribution in [1.82, 2.24) is 9.97 Å². The molecule has 1 unspecified atom stereocenters. The first-order chi connectivity index (χ1) is 9.19. The summed E-state index contributed by atoms with van der Waals surface area (Å²) in [6, 6.07) is 3.66. The summed E-state index contributed by atoms with van der Waals surface area (Å²) in [7, 11) is 1.57. The molecule has 1 N–H and O–H groups in total. The van der Waals surface area contributed by atoms with Gasteiger partial charge < -0.3 is 9.84 Å². The van der Waals surface area contributed by atoms with E-state index < -0.39 is 11.9 Å². The molecule has 0 spiro atoms. The highest BCUT2D eigenvalue weighted by Gasteiger charge is 2.32. The van der Waals surface area contributed by atoms with Gasteiger partial charge in [-0.3, -0.25) is 4.79 Å². The summed E-state index contributed by atoms with van der Waals surface area (Å²) in [5.74, 6) is -0.689. The number of carbonyl (C=O) groups is 1. The summed E-state index contributed by atoms with van der Waals surface area (Å²) in [4.78, 5) is 20.8. The highest BCUT2D eigenvalue weighted by atomic mass is 32.1. The van der Waals surface area contributed by atoms with E-state index in [0.717, 1.165) is 27.6 Å². The molecular formula is C13H12N2O3S. The third kappa shape index (κ3) is 2.08. The molecule has 0 amide bonds. The standard InChI is InChI=1S/C13H12N2O3S/c1-18-10-5-2-7(6-14-10)12-15-11-8(13(16)17)3-4-9(11)19-12/h2,5-6,8H,3-4H2,1H3,(H,16,17). The van der Waals surface area contributed by atoms with Crippen molar-refractivity contribution in [3.63, 3.8) is 0 Å². The zero-order valence-corrected chi connectivity index (χ0v) is 11.1. The third-order valence-corrected chi connectivity index (χ3v) is 4.39. The fraction of sp³-hybridized carbons (Fsp3) is 0.308. The Bertz CT molecular complexity index is 621. The van der Waals surface area contributed by atoms with Crippen LogP contribution in [0.3, 0.4) is 0 Å². The summed E-state index contributed by atoms with van der Waals surface area (Å²) in [5, 5.41) is 9.97. The number of hydrogen-bond donors (Lipinski definition) is 1. The molecule has 2 aromatic rings. The molecule has 0 aromatic carbocycles. The number of hydrogen-bond acceptors (Lipinski definition) is 5. The summed E-state index contributed by atoms with van der Waals surface area (Å²) in [5.41, 5.74) is 1.62. The van der Waals surface area contributed by atoms with Crippen molar-refractivity contribution in [2.24, 2.45) is 0 Å². The minimum Gasteiger partial charge on any atom is -0.481 e. The van der Waals surface area contributed by atoms with Crippen LogP contribution in [-0.4, -0.2) is 28.2 Å². The van der Waals surface area contributed by atoms with Gasteiger partial charge in [0.05, 0.1) is 12.8 Å². The van der Waals surface area contributed by atoms with E-state index >= 15 is 0 Å². The topological polar surface area (TPSA) is 72.3 Å². The van der Waals surface area contributed by atoms with Crippen molar-refractivity contribution < 1.29 is 14.6 Å². The Morgan fingerprint density at radius 1 is 1.53 bits per heavy atom. The number of pyridine rings is 1. The molecule has 5 nitrogen and oxygen atoms in total. The highest BCUT2D eigenvalue weighted by molar-refractivity contribution is 7.15. The second-order valence-electron chi connectivity index (χ2n) is 4.35. The molecule has 3 rings (SSSR count). The van der Waals surface area contributed by atoms with Gasteiger partial charge >= 0.3 is 5.97 Å². The molecule has 19 heavy (non-hydrogen) atoms. The lowest BCUT2D eigenvalue weighted by atomic mass is 10.1. The van der Waals surface area contributed by atoms with Crippen molar-refractivity contribution in [2.45, 2.75) is 18.8 Å². The molecule has 0 bridgehead atoms. The van der Waals surface area contributed by atoms with Crippen LogP contribution in [-0.2, 0) is 11.2 Å². The lowest BCUT2D eigenvalue weighted by molar-refractivity contribution is -0.138. The zero-order chi connectivity index (χ0) is 13.4. The summed E-state index contributed by atoms with van der Waals surface area (Å²) in [6.45, 7) is 0. The van der Waals surface area contributed by atoms with E-state index in [1.807, 2.05) is 6.07 Å². The number of aromatic nitrogens is 2. The van der Waals surface area contributed by atoms with Crippen LogP contribution in [0.4, 0.5) is 0 Å². The fourth-order valence-corrected chi connectivity index (χ4v) is 3.35. The van der Waals surface area contributed by atoms with Gasteiger partial charge in [-0.1, -0.05) is 0 Å². The number of fused-ring (bicyclic) bond motifs is 1. The molecule has 1 atom stereocenters. The van der Waals surface area contributed by atoms with E-state index in [4.69, 9.17) is 9.84 Å². The molecule has 1 aliphatic rings. The van der Waals surface area contributed by atoms with Gasteiger partial charge in [-0.2, -0.15) is 0 Å². The molecule has 0 aliphatic heterocycles. The lowest BCUT2D eigenvalue weighted by Gasteiger charge is -2.02. The maximum absolute atomic E-state index is 11.1. The van der Waals surface area contributed by atoms with Gasteiger partial charge in [-0.05, 0) is 18.9 Å². The number of ether oxygens (including phenoxy) is 1. The predicted molar refractivity (Wildman–Crippen MR) is 70.6 cm³/mol. The monoisotopic (exact) mass is 276 g/mol. The number of carboxylic acid groups (broad SMARTS) is 1. The smallest absolute Gasteiger partial charge is 0.312 e. The molecule has 6 heteroatoms. The zero-order valence-electron chi connectivity index (χ0n) is 10.3. The summed E-state index contributed by atoms with van der Waals surface area (Å²) < 4.78 is 5.01. The Balaban J connectivity index is 1.95. The van der Waals surface area contributed by atoms with Crippen LogP contribution in [0.5, 0.6) is 5.88 Å². The molecule has 98 valence electrons. The van der Waals surface area contributed by atoms with Crippen molar-refractivity contribution in [3.8, 4) is 16.5 Å². The molecule has 0 radical (unpaired) electrons. The molecule has 0 fully saturated rings. The molecule has 0 saturated carbocycles. The Kier molecular flexibility index (Phi) is 2.94. The van der Waals surface area contributed by atoms with Crippen molar-refractivity contribution in [1.29, 1.82) is 0 Å². The van der Waals surface area contributed by atoms with Crippen LogP contribution in [0.25, 0.3) is 10.6 Å². The average molecular weight is 276 g/mol. The quantitative estimate of drug-likeness (QED) is 0.931. The molecular weight excluding hydrogens is 264 g/mol. The number of aryl methyl sites for hydroxylation is 1. The van der Waals surface area contributed by atoms with Crippen LogP contribution in [0.2, 0.25) is 0 Å². The predicted octanol–water partition coefficient (Wildman–Crippen LogP) is 2.33. The van der Waals surface area contributed by atoms with Crippen LogP contribution < -0.4 is 4.74 Å². The Labute approximate surface area is 113 Å². The van der Waals surface area contributed by atoms with Gasteiger partial charge in [0.15, 0.2) is 0 Å². The first-order valence-electron chi connectivity index (χ1n) is 5.92. The minimum absolute atomic E-state index is 0.453. The van der Waals surface area contributed by atoms with Crippen LogP contribution in [0, 0.1) is 0 Å². The van der Waals surface area contributed by atoms with Crippen molar-refractivity contribution in [2.75, 3.05) is 7.11 Å². The Morgan fingerprint density at radius 3 is 3.00 bits per heavy atom. The number of methoxy groups -OCH3 is 1. The van der Waals surface area contributed by atoms with Gasteiger partial charge in [-0.15, -0.1) is 11.3 Å². The third-order valence-electron chi connectivity index (χ3n) is 3.21.